The molecule has 0 aliphatic rings. The van der Waals surface area contributed by atoms with E-state index in [4.69, 9.17) is 21.0 Å². The van der Waals surface area contributed by atoms with Crippen molar-refractivity contribution in [2.24, 2.45) is 16.6 Å². The minimum Gasteiger partial charge on any atom is -0.493 e. The topological polar surface area (TPSA) is 172 Å². The van der Waals surface area contributed by atoms with Gasteiger partial charge in [-0.25, -0.2) is 18.0 Å². The van der Waals surface area contributed by atoms with Gasteiger partial charge in [0.15, 0.2) is 0 Å². The average Bonchev–Trinajstić information content (AvgIpc) is 2.81. The van der Waals surface area contributed by atoms with E-state index in [1.807, 2.05) is 27.3 Å². The molecule has 0 heterocycles. The third kappa shape index (κ3) is 10.4. The van der Waals surface area contributed by atoms with Crippen LogP contribution in [0.3, 0.4) is 0 Å². The van der Waals surface area contributed by atoms with Crippen molar-refractivity contribution in [1.82, 2.24) is 4.72 Å². The zero-order valence-corrected chi connectivity index (χ0v) is 21.9. The maximum atomic E-state index is 12.7. The molecule has 1 atom stereocenters. The number of nitrogens with one attached hydrogen (secondary N) is 1. The van der Waals surface area contributed by atoms with Gasteiger partial charge in [0.25, 0.3) is 0 Å². The predicted octanol–water partition coefficient (Wildman–Crippen LogP) is 1.79. The monoisotopic (exact) mass is 658 g/mol. The summed E-state index contributed by atoms with van der Waals surface area (Å²) in [4.78, 5) is 28.1. The number of carbonyl (C=O) groups excluding carboxylic acids is 2. The van der Waals surface area contributed by atoms with Crippen LogP contribution in [-0.4, -0.2) is 51.7 Å². The molecule has 37 heavy (non-hydrogen) atoms. The SMILES string of the molecule is NC(N)=NOCCCOc1ccc(C[C@H](NS(=O)(=O)c2ccc(I)cc2)C(=O)OC(=O)C(F)(F)F)cc1. The Labute approximate surface area is 223 Å². The number of esters is 2. The van der Waals surface area contributed by atoms with Gasteiger partial charge in [0, 0.05) is 9.99 Å². The largest absolute Gasteiger partial charge is 0.493 e. The number of benzene rings is 2. The Morgan fingerprint density at radius 1 is 1.03 bits per heavy atom. The lowest BCUT2D eigenvalue weighted by Gasteiger charge is -2.18. The van der Waals surface area contributed by atoms with Crippen molar-refractivity contribution in [2.75, 3.05) is 13.2 Å². The molecule has 202 valence electrons. The first kappa shape index (κ1) is 30.1. The van der Waals surface area contributed by atoms with E-state index >= 15 is 0 Å². The Hall–Kier alpha value is -3.12. The van der Waals surface area contributed by atoms with Gasteiger partial charge >= 0.3 is 18.1 Å². The number of halogens is 4. The lowest BCUT2D eigenvalue weighted by atomic mass is 10.1. The van der Waals surface area contributed by atoms with Crippen molar-refractivity contribution in [1.29, 1.82) is 0 Å². The molecule has 2 rings (SSSR count). The number of rotatable bonds is 12. The molecule has 0 radical (unpaired) electrons. The summed E-state index contributed by atoms with van der Waals surface area (Å²) in [5, 5.41) is 3.35. The minimum absolute atomic E-state index is 0.192. The highest BCUT2D eigenvalue weighted by Gasteiger charge is 2.43. The van der Waals surface area contributed by atoms with E-state index in [9.17, 15) is 31.2 Å². The van der Waals surface area contributed by atoms with Gasteiger partial charge in [-0.15, -0.1) is 0 Å². The Balaban J connectivity index is 2.11. The molecule has 0 saturated heterocycles. The van der Waals surface area contributed by atoms with E-state index < -0.39 is 40.6 Å². The lowest BCUT2D eigenvalue weighted by Crippen LogP contribution is -2.45. The minimum atomic E-state index is -5.44. The second-order valence-corrected chi connectivity index (χ2v) is 10.2. The van der Waals surface area contributed by atoms with Crippen molar-refractivity contribution >= 4 is 50.5 Å². The van der Waals surface area contributed by atoms with Crippen molar-refractivity contribution in [3.63, 3.8) is 0 Å². The molecular weight excluding hydrogens is 636 g/mol. The first-order chi connectivity index (χ1) is 17.3. The summed E-state index contributed by atoms with van der Waals surface area (Å²) in [6.45, 7) is 0.431. The van der Waals surface area contributed by atoms with Crippen LogP contribution in [0.25, 0.3) is 0 Å². The van der Waals surface area contributed by atoms with Crippen LogP contribution in [0.1, 0.15) is 12.0 Å². The number of nitrogens with two attached hydrogens (primary N) is 2. The summed E-state index contributed by atoms with van der Waals surface area (Å²) in [5.41, 5.74) is 10.6. The molecule has 0 amide bonds. The number of hydrogen-bond acceptors (Lipinski definition) is 8. The highest BCUT2D eigenvalue weighted by atomic mass is 127. The maximum Gasteiger partial charge on any atom is 0.491 e. The fraction of sp³-hybridized carbons (Fsp3) is 0.286. The summed E-state index contributed by atoms with van der Waals surface area (Å²) >= 11 is 1.95. The molecule has 0 spiro atoms. The van der Waals surface area contributed by atoms with Gasteiger partial charge in [0.1, 0.15) is 18.4 Å². The van der Waals surface area contributed by atoms with Crippen molar-refractivity contribution in [3.8, 4) is 5.75 Å². The van der Waals surface area contributed by atoms with Crippen molar-refractivity contribution in [2.45, 2.75) is 30.0 Å². The van der Waals surface area contributed by atoms with Crippen LogP contribution in [0.5, 0.6) is 5.75 Å². The van der Waals surface area contributed by atoms with Crippen LogP contribution in [0.15, 0.2) is 58.6 Å². The van der Waals surface area contributed by atoms with E-state index in [-0.39, 0.29) is 24.1 Å². The van der Waals surface area contributed by atoms with Crippen LogP contribution in [0, 0.1) is 3.57 Å². The van der Waals surface area contributed by atoms with Crippen LogP contribution >= 0.6 is 22.6 Å². The third-order valence-corrected chi connectivity index (χ3v) is 6.52. The number of ether oxygens (including phenoxy) is 2. The number of hydrogen-bond donors (Lipinski definition) is 3. The molecule has 11 nitrogen and oxygen atoms in total. The standard InChI is InChI=1S/C21H22F3IN4O7S/c22-21(23,24)19(31)36-18(30)17(29-37(32,33)16-8-4-14(25)5-9-16)12-13-2-6-15(7-3-13)34-10-1-11-35-28-20(26)27/h2-9,17,29H,1,10-12H2,(H4,26,27,28)/t17-/m0/s1. The second-order valence-electron chi connectivity index (χ2n) is 7.23. The fourth-order valence-corrected chi connectivity index (χ4v) is 4.20. The Morgan fingerprint density at radius 2 is 1.65 bits per heavy atom. The van der Waals surface area contributed by atoms with Gasteiger partial charge < -0.3 is 25.8 Å². The first-order valence-corrected chi connectivity index (χ1v) is 12.9. The Morgan fingerprint density at radius 3 is 2.22 bits per heavy atom. The lowest BCUT2D eigenvalue weighted by molar-refractivity contribution is -0.202. The molecule has 16 heteroatoms. The van der Waals surface area contributed by atoms with Gasteiger partial charge in [-0.1, -0.05) is 12.1 Å². The van der Waals surface area contributed by atoms with E-state index in [1.54, 1.807) is 0 Å². The number of guanidine groups is 1. The third-order valence-electron chi connectivity index (χ3n) is 4.31. The summed E-state index contributed by atoms with van der Waals surface area (Å²) in [6, 6.07) is 9.58. The predicted molar refractivity (Wildman–Crippen MR) is 132 cm³/mol. The summed E-state index contributed by atoms with van der Waals surface area (Å²) in [5.74, 6) is -4.28. The first-order valence-electron chi connectivity index (χ1n) is 10.3. The van der Waals surface area contributed by atoms with Crippen LogP contribution < -0.4 is 20.9 Å². The van der Waals surface area contributed by atoms with Crippen molar-refractivity contribution < 1.29 is 45.5 Å². The second kappa shape index (κ2) is 13.4. The normalized spacial score (nSPS) is 12.3. The van der Waals surface area contributed by atoms with E-state index in [0.717, 1.165) is 3.57 Å². The number of nitrogens with zero attached hydrogens (tertiary/aromatic N) is 1. The molecule has 2 aromatic rings. The molecule has 0 aromatic heterocycles. The van der Waals surface area contributed by atoms with Gasteiger partial charge in [0.2, 0.25) is 16.0 Å². The average molecular weight is 658 g/mol. The summed E-state index contributed by atoms with van der Waals surface area (Å²) in [6.07, 6.45) is -5.41. The number of alkyl halides is 3. The zero-order chi connectivity index (χ0) is 27.6. The van der Waals surface area contributed by atoms with E-state index in [2.05, 4.69) is 9.89 Å². The van der Waals surface area contributed by atoms with Crippen LogP contribution in [0.2, 0.25) is 0 Å². The van der Waals surface area contributed by atoms with Crippen LogP contribution in [-0.2, 0) is 35.6 Å². The number of carbonyl (C=O) groups is 2. The fourth-order valence-electron chi connectivity index (χ4n) is 2.65. The molecule has 0 saturated carbocycles. The molecular formula is C21H22F3IN4O7S. The maximum absolute atomic E-state index is 12.7. The van der Waals surface area contributed by atoms with E-state index in [1.165, 1.54) is 48.5 Å². The summed E-state index contributed by atoms with van der Waals surface area (Å²) < 4.78 is 75.3. The molecule has 0 bridgehead atoms. The number of oxime groups is 1. The van der Waals surface area contributed by atoms with E-state index in [0.29, 0.717) is 17.7 Å². The highest BCUT2D eigenvalue weighted by molar-refractivity contribution is 14.1. The highest BCUT2D eigenvalue weighted by Crippen LogP contribution is 2.19. The van der Waals surface area contributed by atoms with Gasteiger partial charge in [-0.05, 0) is 76.1 Å². The van der Waals surface area contributed by atoms with Gasteiger partial charge in [-0.3, -0.25) is 0 Å². The molecule has 0 fully saturated rings. The summed E-state index contributed by atoms with van der Waals surface area (Å²) in [7, 11) is -4.35. The van der Waals surface area contributed by atoms with Gasteiger partial charge in [0.05, 0.1) is 11.5 Å². The van der Waals surface area contributed by atoms with Gasteiger partial charge in [-0.2, -0.15) is 17.9 Å². The Kier molecular flexibility index (Phi) is 10.9. The molecule has 0 aliphatic carbocycles. The molecule has 5 N–H and O–H groups in total. The van der Waals surface area contributed by atoms with Crippen molar-refractivity contribution in [3.05, 3.63) is 57.7 Å². The molecule has 0 aliphatic heterocycles. The zero-order valence-electron chi connectivity index (χ0n) is 18.9. The Bertz CT molecular complexity index is 1200. The smallest absolute Gasteiger partial charge is 0.491 e. The quantitative estimate of drug-likeness (QED) is 0.0585. The number of sulfonamides is 1. The van der Waals surface area contributed by atoms with Crippen LogP contribution in [0.4, 0.5) is 13.2 Å². The molecule has 2 aromatic carbocycles. The molecule has 0 unspecified atom stereocenters.